The van der Waals surface area contributed by atoms with Crippen LogP contribution in [-0.2, 0) is 14.3 Å². The third-order valence-corrected chi connectivity index (χ3v) is 4.04. The van der Waals surface area contributed by atoms with Gasteiger partial charge in [-0.1, -0.05) is 19.1 Å². The first-order valence-corrected chi connectivity index (χ1v) is 6.78. The van der Waals surface area contributed by atoms with Crippen LogP contribution in [0.5, 0.6) is 0 Å². The van der Waals surface area contributed by atoms with Crippen LogP contribution in [0.3, 0.4) is 0 Å². The predicted octanol–water partition coefficient (Wildman–Crippen LogP) is 2.81. The summed E-state index contributed by atoms with van der Waals surface area (Å²) in [5, 5.41) is 0. The highest BCUT2D eigenvalue weighted by Gasteiger charge is 2.20. The van der Waals surface area contributed by atoms with Gasteiger partial charge in [0, 0.05) is 0 Å². The fourth-order valence-electron chi connectivity index (χ4n) is 1.31. The minimum atomic E-state index is -3.62. The number of rotatable bonds is 4. The van der Waals surface area contributed by atoms with Crippen LogP contribution in [0.2, 0.25) is 0 Å². The Bertz CT molecular complexity index is 463. The van der Waals surface area contributed by atoms with E-state index < -0.39 is 10.1 Å². The van der Waals surface area contributed by atoms with Crippen LogP contribution in [0, 0.1) is 13.8 Å². The molecular weight excluding hydrogens is 224 g/mol. The van der Waals surface area contributed by atoms with Crippen molar-refractivity contribution in [1.29, 1.82) is 0 Å². The highest BCUT2D eigenvalue weighted by Crippen LogP contribution is 2.20. The Kier molecular flexibility index (Phi) is 4.10. The zero-order chi connectivity index (χ0) is 12.3. The van der Waals surface area contributed by atoms with Crippen molar-refractivity contribution in [3.63, 3.8) is 0 Å². The smallest absolute Gasteiger partial charge is 0.263 e. The van der Waals surface area contributed by atoms with E-state index in [-0.39, 0.29) is 11.0 Å². The Balaban J connectivity index is 3.12. The Hall–Kier alpha value is -0.870. The lowest BCUT2D eigenvalue weighted by Gasteiger charge is -2.12. The molecular formula is C12H18O3S. The molecule has 0 saturated heterocycles. The molecule has 0 aliphatic rings. The van der Waals surface area contributed by atoms with Crippen LogP contribution in [-0.4, -0.2) is 14.5 Å². The molecule has 0 fully saturated rings. The number of aryl methyl sites for hydroxylation is 2. The summed E-state index contributed by atoms with van der Waals surface area (Å²) in [5.41, 5.74) is 1.63. The molecule has 0 bridgehead atoms. The molecule has 1 unspecified atom stereocenters. The first-order chi connectivity index (χ1) is 7.36. The van der Waals surface area contributed by atoms with E-state index in [9.17, 15) is 8.42 Å². The summed E-state index contributed by atoms with van der Waals surface area (Å²) in [6.07, 6.45) is 0.384. The predicted molar refractivity (Wildman–Crippen MR) is 63.9 cm³/mol. The molecule has 16 heavy (non-hydrogen) atoms. The quantitative estimate of drug-likeness (QED) is 0.762. The van der Waals surface area contributed by atoms with E-state index in [4.69, 9.17) is 4.18 Å². The fraction of sp³-hybridized carbons (Fsp3) is 0.500. The van der Waals surface area contributed by atoms with E-state index in [1.165, 1.54) is 0 Å². The number of hydrogen-bond donors (Lipinski definition) is 0. The van der Waals surface area contributed by atoms with Crippen LogP contribution in [0.4, 0.5) is 0 Å². The average molecular weight is 242 g/mol. The lowest BCUT2D eigenvalue weighted by atomic mass is 10.2. The van der Waals surface area contributed by atoms with Crippen molar-refractivity contribution >= 4 is 10.1 Å². The summed E-state index contributed by atoms with van der Waals surface area (Å²) >= 11 is 0. The molecule has 1 rings (SSSR count). The van der Waals surface area contributed by atoms with Gasteiger partial charge in [0.15, 0.2) is 0 Å². The standard InChI is InChI=1S/C12H18O3S/c1-5-11(4)15-16(13,14)12-8-9(2)6-7-10(12)3/h6-8,11H,5H2,1-4H3. The van der Waals surface area contributed by atoms with Gasteiger partial charge in [-0.2, -0.15) is 8.42 Å². The Morgan fingerprint density at radius 2 is 1.94 bits per heavy atom. The maximum atomic E-state index is 12.0. The maximum absolute atomic E-state index is 12.0. The van der Waals surface area contributed by atoms with Crippen LogP contribution >= 0.6 is 0 Å². The van der Waals surface area contributed by atoms with E-state index in [2.05, 4.69) is 0 Å². The summed E-state index contributed by atoms with van der Waals surface area (Å²) < 4.78 is 29.0. The van der Waals surface area contributed by atoms with E-state index in [1.807, 2.05) is 19.9 Å². The van der Waals surface area contributed by atoms with Gasteiger partial charge in [-0.05, 0) is 44.4 Å². The largest absolute Gasteiger partial charge is 0.297 e. The maximum Gasteiger partial charge on any atom is 0.297 e. The van der Waals surface area contributed by atoms with Crippen LogP contribution < -0.4 is 0 Å². The highest BCUT2D eigenvalue weighted by atomic mass is 32.2. The summed E-state index contributed by atoms with van der Waals surface area (Å²) in [6.45, 7) is 7.28. The van der Waals surface area contributed by atoms with Crippen molar-refractivity contribution in [2.45, 2.75) is 45.1 Å². The second-order valence-corrected chi connectivity index (χ2v) is 5.58. The first kappa shape index (κ1) is 13.2. The normalized spacial score (nSPS) is 13.8. The molecule has 0 saturated carbocycles. The molecule has 0 heterocycles. The van der Waals surface area contributed by atoms with E-state index in [0.29, 0.717) is 12.0 Å². The van der Waals surface area contributed by atoms with Gasteiger partial charge in [-0.15, -0.1) is 0 Å². The monoisotopic (exact) mass is 242 g/mol. The molecule has 0 aliphatic heterocycles. The van der Waals surface area contributed by atoms with E-state index in [0.717, 1.165) is 5.56 Å². The van der Waals surface area contributed by atoms with Gasteiger partial charge in [-0.3, -0.25) is 4.18 Å². The molecule has 0 aliphatic carbocycles. The molecule has 0 spiro atoms. The van der Waals surface area contributed by atoms with Crippen molar-refractivity contribution in [1.82, 2.24) is 0 Å². The van der Waals surface area contributed by atoms with Crippen molar-refractivity contribution in [2.24, 2.45) is 0 Å². The SMILES string of the molecule is CCC(C)OS(=O)(=O)c1cc(C)ccc1C. The highest BCUT2D eigenvalue weighted by molar-refractivity contribution is 7.86. The second-order valence-electron chi connectivity index (χ2n) is 4.04. The molecule has 1 aromatic rings. The van der Waals surface area contributed by atoms with Gasteiger partial charge in [0.2, 0.25) is 0 Å². The summed E-state index contributed by atoms with van der Waals surface area (Å²) in [7, 11) is -3.62. The van der Waals surface area contributed by atoms with Crippen LogP contribution in [0.1, 0.15) is 31.4 Å². The van der Waals surface area contributed by atoms with E-state index in [1.54, 1.807) is 26.0 Å². The van der Waals surface area contributed by atoms with Crippen molar-refractivity contribution in [3.8, 4) is 0 Å². The summed E-state index contributed by atoms with van der Waals surface area (Å²) in [5.74, 6) is 0. The van der Waals surface area contributed by atoms with Crippen molar-refractivity contribution < 1.29 is 12.6 Å². The topological polar surface area (TPSA) is 43.4 Å². The first-order valence-electron chi connectivity index (χ1n) is 5.37. The molecule has 0 amide bonds. The minimum Gasteiger partial charge on any atom is -0.263 e. The third kappa shape index (κ3) is 3.06. The van der Waals surface area contributed by atoms with Crippen molar-refractivity contribution in [3.05, 3.63) is 29.3 Å². The Labute approximate surface area is 97.6 Å². The Morgan fingerprint density at radius 1 is 1.31 bits per heavy atom. The van der Waals surface area contributed by atoms with Crippen LogP contribution in [0.15, 0.2) is 23.1 Å². The average Bonchev–Trinajstić information content (AvgIpc) is 2.20. The molecule has 0 radical (unpaired) electrons. The number of hydrogen-bond acceptors (Lipinski definition) is 3. The van der Waals surface area contributed by atoms with Crippen LogP contribution in [0.25, 0.3) is 0 Å². The molecule has 4 heteroatoms. The zero-order valence-corrected chi connectivity index (χ0v) is 11.0. The molecule has 1 aromatic carbocycles. The summed E-state index contributed by atoms with van der Waals surface area (Å²) in [4.78, 5) is 0.271. The van der Waals surface area contributed by atoms with Gasteiger partial charge in [0.1, 0.15) is 0 Å². The van der Waals surface area contributed by atoms with Gasteiger partial charge >= 0.3 is 0 Å². The molecule has 3 nitrogen and oxygen atoms in total. The Morgan fingerprint density at radius 3 is 2.50 bits per heavy atom. The zero-order valence-electron chi connectivity index (χ0n) is 10.1. The van der Waals surface area contributed by atoms with Gasteiger partial charge in [0.05, 0.1) is 11.0 Å². The minimum absolute atomic E-state index is 0.271. The lowest BCUT2D eigenvalue weighted by molar-refractivity contribution is 0.224. The van der Waals surface area contributed by atoms with Gasteiger partial charge < -0.3 is 0 Å². The summed E-state index contributed by atoms with van der Waals surface area (Å²) in [6, 6.07) is 5.33. The molecule has 0 aromatic heterocycles. The van der Waals surface area contributed by atoms with Crippen molar-refractivity contribution in [2.75, 3.05) is 0 Å². The molecule has 0 N–H and O–H groups in total. The van der Waals surface area contributed by atoms with Gasteiger partial charge in [-0.25, -0.2) is 0 Å². The fourth-order valence-corrected chi connectivity index (χ4v) is 2.78. The number of benzene rings is 1. The lowest BCUT2D eigenvalue weighted by Crippen LogP contribution is -2.15. The second kappa shape index (κ2) is 4.97. The van der Waals surface area contributed by atoms with E-state index >= 15 is 0 Å². The molecule has 90 valence electrons. The molecule has 1 atom stereocenters. The third-order valence-electron chi connectivity index (χ3n) is 2.48. The van der Waals surface area contributed by atoms with Gasteiger partial charge in [0.25, 0.3) is 10.1 Å².